The zero-order chi connectivity index (χ0) is 38.4. The van der Waals surface area contributed by atoms with Crippen molar-refractivity contribution in [1.82, 2.24) is 4.31 Å². The minimum Gasteiger partial charge on any atom is -0.488 e. The zero-order valence-electron chi connectivity index (χ0n) is 29.2. The van der Waals surface area contributed by atoms with Gasteiger partial charge in [0.25, 0.3) is 0 Å². The molecule has 0 aliphatic heterocycles. The molecular formula is C40H35F5N2O5S. The molecule has 1 amide bonds. The van der Waals surface area contributed by atoms with Crippen LogP contribution in [-0.4, -0.2) is 34.0 Å². The molecule has 0 saturated heterocycles. The topological polar surface area (TPSA) is 76.2 Å². The Hall–Kier alpha value is -5.40. The van der Waals surface area contributed by atoms with E-state index in [1.54, 1.807) is 74.5 Å². The van der Waals surface area contributed by atoms with Crippen LogP contribution in [0.3, 0.4) is 0 Å². The minimum absolute atomic E-state index is 0.0498. The van der Waals surface area contributed by atoms with Crippen molar-refractivity contribution in [1.29, 1.82) is 0 Å². The second-order valence-electron chi connectivity index (χ2n) is 12.3. The highest BCUT2D eigenvalue weighted by Crippen LogP contribution is 2.32. The predicted molar refractivity (Wildman–Crippen MR) is 190 cm³/mol. The molecule has 0 radical (unpaired) electrons. The monoisotopic (exact) mass is 750 g/mol. The van der Waals surface area contributed by atoms with Crippen molar-refractivity contribution in [2.24, 2.45) is 0 Å². The van der Waals surface area contributed by atoms with Crippen LogP contribution in [0.15, 0.2) is 95.9 Å². The van der Waals surface area contributed by atoms with E-state index in [4.69, 9.17) is 9.47 Å². The van der Waals surface area contributed by atoms with Gasteiger partial charge in [0.15, 0.2) is 23.3 Å². The minimum atomic E-state index is -2.35. The van der Waals surface area contributed by atoms with Crippen molar-refractivity contribution in [3.05, 3.63) is 159 Å². The number of halogens is 5. The number of esters is 1. The van der Waals surface area contributed by atoms with Gasteiger partial charge in [-0.25, -0.2) is 35.3 Å². The Balaban J connectivity index is 1.55. The Bertz CT molecular complexity index is 2120. The number of benzene rings is 5. The van der Waals surface area contributed by atoms with Crippen LogP contribution in [-0.2, 0) is 40.3 Å². The molecule has 276 valence electrons. The van der Waals surface area contributed by atoms with Crippen molar-refractivity contribution in [3.8, 4) is 5.75 Å². The molecule has 0 heterocycles. The SMILES string of the molecule is Cc1cc(C)c(S(=O)N(C)CC(=O)N(Cc2c(F)c(F)c(F)c(F)c2F)c2ccc(C(=O)OCc3ccccc3)c(OCc3ccccc3)c2)c(C)c1. The Morgan fingerprint density at radius 3 is 1.79 bits per heavy atom. The Kier molecular flexibility index (Phi) is 12.4. The van der Waals surface area contributed by atoms with Crippen molar-refractivity contribution in [3.63, 3.8) is 0 Å². The summed E-state index contributed by atoms with van der Waals surface area (Å²) in [6.07, 6.45) is 0. The van der Waals surface area contributed by atoms with E-state index in [1.807, 2.05) is 19.1 Å². The van der Waals surface area contributed by atoms with Crippen LogP contribution in [0.2, 0.25) is 0 Å². The molecule has 0 N–H and O–H groups in total. The van der Waals surface area contributed by atoms with Gasteiger partial charge in [-0.1, -0.05) is 78.4 Å². The molecule has 53 heavy (non-hydrogen) atoms. The summed E-state index contributed by atoms with van der Waals surface area (Å²) in [5.41, 5.74) is 2.30. The van der Waals surface area contributed by atoms with Crippen molar-refractivity contribution in [2.45, 2.75) is 45.4 Å². The van der Waals surface area contributed by atoms with Crippen LogP contribution in [0.1, 0.15) is 43.7 Å². The van der Waals surface area contributed by atoms with E-state index in [2.05, 4.69) is 0 Å². The molecule has 5 rings (SSSR count). The first-order valence-electron chi connectivity index (χ1n) is 16.3. The molecule has 0 fully saturated rings. The number of hydrogen-bond acceptors (Lipinski definition) is 5. The first kappa shape index (κ1) is 38.8. The number of nitrogens with zero attached hydrogens (tertiary/aromatic N) is 2. The fourth-order valence-corrected chi connectivity index (χ4v) is 6.91. The molecule has 1 atom stereocenters. The van der Waals surface area contributed by atoms with E-state index < -0.39 is 70.6 Å². The summed E-state index contributed by atoms with van der Waals surface area (Å²) in [6, 6.07) is 25.2. The lowest BCUT2D eigenvalue weighted by Crippen LogP contribution is -2.40. The van der Waals surface area contributed by atoms with E-state index in [9.17, 15) is 27.0 Å². The lowest BCUT2D eigenvalue weighted by atomic mass is 10.1. The number of aryl methyl sites for hydroxylation is 3. The highest BCUT2D eigenvalue weighted by Gasteiger charge is 2.31. The molecule has 1 unspecified atom stereocenters. The van der Waals surface area contributed by atoms with E-state index in [0.717, 1.165) is 10.5 Å². The molecule has 0 aliphatic carbocycles. The summed E-state index contributed by atoms with van der Waals surface area (Å²) in [7, 11) is -0.501. The summed E-state index contributed by atoms with van der Waals surface area (Å²) in [4.78, 5) is 28.6. The second-order valence-corrected chi connectivity index (χ2v) is 13.8. The molecular weight excluding hydrogens is 716 g/mol. The third kappa shape index (κ3) is 8.98. The van der Waals surface area contributed by atoms with E-state index >= 15 is 8.78 Å². The largest absolute Gasteiger partial charge is 0.488 e. The molecule has 0 spiro atoms. The first-order valence-corrected chi connectivity index (χ1v) is 17.4. The maximum atomic E-state index is 15.1. The Morgan fingerprint density at radius 1 is 0.698 bits per heavy atom. The second kappa shape index (κ2) is 17.0. The van der Waals surface area contributed by atoms with Gasteiger partial charge in [-0.2, -0.15) is 0 Å². The lowest BCUT2D eigenvalue weighted by molar-refractivity contribution is -0.118. The highest BCUT2D eigenvalue weighted by molar-refractivity contribution is 7.82. The Labute approximate surface area is 306 Å². The van der Waals surface area contributed by atoms with Crippen molar-refractivity contribution in [2.75, 3.05) is 18.5 Å². The molecule has 13 heteroatoms. The quantitative estimate of drug-likeness (QED) is 0.0523. The summed E-state index contributed by atoms with van der Waals surface area (Å²) in [6.45, 7) is 3.55. The van der Waals surface area contributed by atoms with Gasteiger partial charge in [-0.15, -0.1) is 0 Å². The fraction of sp³-hybridized carbons (Fsp3) is 0.200. The number of anilines is 1. The number of amides is 1. The van der Waals surface area contributed by atoms with Gasteiger partial charge < -0.3 is 14.4 Å². The summed E-state index contributed by atoms with van der Waals surface area (Å²) < 4.78 is 99.2. The zero-order valence-corrected chi connectivity index (χ0v) is 30.0. The van der Waals surface area contributed by atoms with E-state index in [0.29, 0.717) is 27.1 Å². The number of ether oxygens (including phenoxy) is 2. The van der Waals surface area contributed by atoms with Gasteiger partial charge in [-0.05, 0) is 55.2 Å². The lowest BCUT2D eigenvalue weighted by Gasteiger charge is -2.27. The summed E-state index contributed by atoms with van der Waals surface area (Å²) in [5, 5.41) is 0. The van der Waals surface area contributed by atoms with Gasteiger partial charge in [0, 0.05) is 24.4 Å². The molecule has 0 saturated carbocycles. The molecule has 5 aromatic carbocycles. The average Bonchev–Trinajstić information content (AvgIpc) is 3.14. The number of carbonyl (C=O) groups excluding carboxylic acids is 2. The standard InChI is InChI=1S/C40H35F5N2O5S/c1-24-17-25(2)39(26(3)18-24)53(50)46(4)21-33(48)47(20-31-34(41)36(43)38(45)37(44)35(31)42)29-15-16-30(40(49)52-23-28-13-9-6-10-14-28)32(19-29)51-22-27-11-7-5-8-12-27/h5-19H,20-23H2,1-4H3. The predicted octanol–water partition coefficient (Wildman–Crippen LogP) is 8.43. The van der Waals surface area contributed by atoms with Crippen LogP contribution < -0.4 is 9.64 Å². The van der Waals surface area contributed by atoms with Gasteiger partial charge in [0.2, 0.25) is 11.7 Å². The van der Waals surface area contributed by atoms with Gasteiger partial charge in [-0.3, -0.25) is 4.79 Å². The molecule has 5 aromatic rings. The Morgan fingerprint density at radius 2 is 1.23 bits per heavy atom. The number of hydrogen-bond donors (Lipinski definition) is 0. The molecule has 0 bridgehead atoms. The van der Waals surface area contributed by atoms with Crippen molar-refractivity contribution < 1.29 is 45.2 Å². The van der Waals surface area contributed by atoms with Gasteiger partial charge >= 0.3 is 5.97 Å². The first-order chi connectivity index (χ1) is 25.3. The van der Waals surface area contributed by atoms with Crippen LogP contribution in [0, 0.1) is 49.9 Å². The van der Waals surface area contributed by atoms with E-state index in [1.165, 1.54) is 29.6 Å². The van der Waals surface area contributed by atoms with Crippen LogP contribution >= 0.6 is 0 Å². The number of carbonyl (C=O) groups is 2. The van der Waals surface area contributed by atoms with Crippen LogP contribution in [0.5, 0.6) is 5.75 Å². The van der Waals surface area contributed by atoms with E-state index in [-0.39, 0.29) is 30.2 Å². The maximum absolute atomic E-state index is 15.1. The number of rotatable bonds is 13. The number of likely N-dealkylation sites (N-methyl/N-ethyl adjacent to an activating group) is 1. The van der Waals surface area contributed by atoms with Crippen molar-refractivity contribution >= 4 is 28.5 Å². The molecule has 0 aliphatic rings. The molecule has 7 nitrogen and oxygen atoms in total. The van der Waals surface area contributed by atoms with Gasteiger partial charge in [0.05, 0.1) is 18.0 Å². The van der Waals surface area contributed by atoms with Crippen LogP contribution in [0.25, 0.3) is 0 Å². The third-order valence-corrected chi connectivity index (χ3v) is 9.97. The maximum Gasteiger partial charge on any atom is 0.342 e. The normalized spacial score (nSPS) is 11.7. The third-order valence-electron chi connectivity index (χ3n) is 8.28. The molecule has 0 aromatic heterocycles. The fourth-order valence-electron chi connectivity index (χ4n) is 5.71. The smallest absolute Gasteiger partial charge is 0.342 e. The van der Waals surface area contributed by atoms with Gasteiger partial charge in [0.1, 0.15) is 35.5 Å². The summed E-state index contributed by atoms with van der Waals surface area (Å²) >= 11 is 0. The van der Waals surface area contributed by atoms with Crippen LogP contribution in [0.4, 0.5) is 27.6 Å². The highest BCUT2D eigenvalue weighted by atomic mass is 32.2. The summed E-state index contributed by atoms with van der Waals surface area (Å²) in [5.74, 6) is -12.8. The average molecular weight is 751 g/mol.